The van der Waals surface area contributed by atoms with E-state index in [9.17, 15) is 9.59 Å². The summed E-state index contributed by atoms with van der Waals surface area (Å²) in [5.74, 6) is -1.02. The molecule has 0 aliphatic carbocycles. The highest BCUT2D eigenvalue weighted by Crippen LogP contribution is 2.21. The van der Waals surface area contributed by atoms with Crippen molar-refractivity contribution < 1.29 is 14.7 Å². The van der Waals surface area contributed by atoms with Gasteiger partial charge in [0, 0.05) is 31.0 Å². The molecule has 1 amide bonds. The van der Waals surface area contributed by atoms with Gasteiger partial charge in [-0.2, -0.15) is 0 Å². The Bertz CT molecular complexity index is 489. The Labute approximate surface area is 113 Å². The molecule has 5 nitrogen and oxygen atoms in total. The minimum absolute atomic E-state index is 0.0365. The van der Waals surface area contributed by atoms with Gasteiger partial charge in [-0.25, -0.2) is 0 Å². The zero-order valence-corrected chi connectivity index (χ0v) is 12.2. The Morgan fingerprint density at radius 2 is 1.95 bits per heavy atom. The number of carbonyl (C=O) groups excluding carboxylic acids is 1. The lowest BCUT2D eigenvalue weighted by Crippen LogP contribution is -2.29. The van der Waals surface area contributed by atoms with Gasteiger partial charge < -0.3 is 14.6 Å². The van der Waals surface area contributed by atoms with Crippen LogP contribution in [-0.4, -0.2) is 40.0 Å². The van der Waals surface area contributed by atoms with E-state index in [1.807, 2.05) is 19.9 Å². The molecule has 0 spiro atoms. The molecule has 0 saturated carbocycles. The average molecular weight is 266 g/mol. The van der Waals surface area contributed by atoms with Crippen LogP contribution in [0, 0.1) is 13.8 Å². The van der Waals surface area contributed by atoms with E-state index >= 15 is 0 Å². The van der Waals surface area contributed by atoms with Gasteiger partial charge >= 0.3 is 5.97 Å². The minimum Gasteiger partial charge on any atom is -0.481 e. The van der Waals surface area contributed by atoms with Crippen molar-refractivity contribution in [3.05, 3.63) is 23.0 Å². The van der Waals surface area contributed by atoms with E-state index < -0.39 is 5.97 Å². The standard InChI is InChI=1S/C14H22N2O3/c1-9(2)16-10(3)8-12(11(16)4)14(19)15(5)7-6-13(17)18/h8-9H,6-7H2,1-5H3,(H,17,18). The normalized spacial score (nSPS) is 10.8. The van der Waals surface area contributed by atoms with Crippen LogP contribution >= 0.6 is 0 Å². The van der Waals surface area contributed by atoms with Crippen LogP contribution < -0.4 is 0 Å². The smallest absolute Gasteiger partial charge is 0.305 e. The third-order valence-corrected chi connectivity index (χ3v) is 3.24. The Morgan fingerprint density at radius 3 is 2.37 bits per heavy atom. The number of hydrogen-bond acceptors (Lipinski definition) is 2. The maximum Gasteiger partial charge on any atom is 0.305 e. The molecular formula is C14H22N2O3. The third-order valence-electron chi connectivity index (χ3n) is 3.24. The molecular weight excluding hydrogens is 244 g/mol. The highest BCUT2D eigenvalue weighted by molar-refractivity contribution is 5.95. The molecule has 0 radical (unpaired) electrons. The Balaban J connectivity index is 2.94. The SMILES string of the molecule is Cc1cc(C(=O)N(C)CCC(=O)O)c(C)n1C(C)C. The summed E-state index contributed by atoms with van der Waals surface area (Å²) in [6.07, 6.45) is -0.0365. The minimum atomic E-state index is -0.896. The van der Waals surface area contributed by atoms with Crippen LogP contribution in [0.1, 0.15) is 48.1 Å². The Hall–Kier alpha value is -1.78. The number of rotatable bonds is 5. The van der Waals surface area contributed by atoms with Gasteiger partial charge in [0.05, 0.1) is 12.0 Å². The highest BCUT2D eigenvalue weighted by atomic mass is 16.4. The zero-order valence-electron chi connectivity index (χ0n) is 12.2. The molecule has 1 aromatic rings. The number of aliphatic carboxylic acids is 1. The van der Waals surface area contributed by atoms with E-state index in [-0.39, 0.29) is 18.9 Å². The number of nitrogens with zero attached hydrogens (tertiary/aromatic N) is 2. The molecule has 5 heteroatoms. The number of aryl methyl sites for hydroxylation is 1. The van der Waals surface area contributed by atoms with Crippen LogP contribution in [0.4, 0.5) is 0 Å². The van der Waals surface area contributed by atoms with E-state index in [2.05, 4.69) is 18.4 Å². The first-order valence-electron chi connectivity index (χ1n) is 6.41. The predicted molar refractivity (Wildman–Crippen MR) is 73.5 cm³/mol. The first-order valence-corrected chi connectivity index (χ1v) is 6.41. The number of aromatic nitrogens is 1. The fourth-order valence-electron chi connectivity index (χ4n) is 2.36. The van der Waals surface area contributed by atoms with Gasteiger partial charge in [0.2, 0.25) is 0 Å². The van der Waals surface area contributed by atoms with Crippen LogP contribution in [0.25, 0.3) is 0 Å². The van der Waals surface area contributed by atoms with Crippen molar-refractivity contribution in [1.29, 1.82) is 0 Å². The summed E-state index contributed by atoms with van der Waals surface area (Å²) in [5, 5.41) is 8.65. The molecule has 106 valence electrons. The topological polar surface area (TPSA) is 62.5 Å². The van der Waals surface area contributed by atoms with Crippen molar-refractivity contribution in [3.63, 3.8) is 0 Å². The molecule has 0 aliphatic heterocycles. The van der Waals surface area contributed by atoms with Crippen molar-refractivity contribution in [1.82, 2.24) is 9.47 Å². The van der Waals surface area contributed by atoms with Gasteiger partial charge in [-0.1, -0.05) is 0 Å². The molecule has 1 aromatic heterocycles. The molecule has 1 rings (SSSR count). The molecule has 0 saturated heterocycles. The zero-order chi connectivity index (χ0) is 14.7. The maximum atomic E-state index is 12.3. The van der Waals surface area contributed by atoms with Crippen molar-refractivity contribution >= 4 is 11.9 Å². The second-order valence-electron chi connectivity index (χ2n) is 5.12. The van der Waals surface area contributed by atoms with Crippen molar-refractivity contribution in [2.24, 2.45) is 0 Å². The molecule has 0 unspecified atom stereocenters. The van der Waals surface area contributed by atoms with Gasteiger partial charge in [-0.3, -0.25) is 9.59 Å². The number of amides is 1. The fraction of sp³-hybridized carbons (Fsp3) is 0.571. The van der Waals surface area contributed by atoms with E-state index in [4.69, 9.17) is 5.11 Å². The second kappa shape index (κ2) is 5.91. The van der Waals surface area contributed by atoms with Crippen molar-refractivity contribution in [2.75, 3.05) is 13.6 Å². The summed E-state index contributed by atoms with van der Waals surface area (Å²) in [7, 11) is 1.63. The van der Waals surface area contributed by atoms with Crippen molar-refractivity contribution in [2.45, 2.75) is 40.2 Å². The summed E-state index contributed by atoms with van der Waals surface area (Å²) in [6.45, 7) is 8.26. The van der Waals surface area contributed by atoms with E-state index in [0.29, 0.717) is 11.6 Å². The van der Waals surface area contributed by atoms with Crippen LogP contribution in [0.5, 0.6) is 0 Å². The summed E-state index contributed by atoms with van der Waals surface area (Å²) < 4.78 is 2.11. The molecule has 0 aliphatic rings. The quantitative estimate of drug-likeness (QED) is 0.889. The summed E-state index contributed by atoms with van der Waals surface area (Å²) in [5.41, 5.74) is 2.63. The molecule has 0 atom stereocenters. The number of carboxylic acids is 1. The summed E-state index contributed by atoms with van der Waals surface area (Å²) in [4.78, 5) is 24.3. The predicted octanol–water partition coefficient (Wildman–Crippen LogP) is 2.23. The van der Waals surface area contributed by atoms with Gasteiger partial charge in [0.25, 0.3) is 5.91 Å². The van der Waals surface area contributed by atoms with Gasteiger partial charge in [0.15, 0.2) is 0 Å². The lowest BCUT2D eigenvalue weighted by atomic mass is 10.2. The first kappa shape index (κ1) is 15.3. The fourth-order valence-corrected chi connectivity index (χ4v) is 2.36. The number of hydrogen-bond donors (Lipinski definition) is 1. The number of carboxylic acid groups (broad SMARTS) is 1. The molecule has 1 N–H and O–H groups in total. The lowest BCUT2D eigenvalue weighted by Gasteiger charge is -2.17. The maximum absolute atomic E-state index is 12.3. The molecule has 0 bridgehead atoms. The molecule has 1 heterocycles. The van der Waals surface area contributed by atoms with Gasteiger partial charge in [-0.15, -0.1) is 0 Å². The second-order valence-corrected chi connectivity index (χ2v) is 5.12. The summed E-state index contributed by atoms with van der Waals surface area (Å²) in [6, 6.07) is 2.17. The molecule has 0 fully saturated rings. The van der Waals surface area contributed by atoms with Gasteiger partial charge in [-0.05, 0) is 33.8 Å². The van der Waals surface area contributed by atoms with Gasteiger partial charge in [0.1, 0.15) is 0 Å². The summed E-state index contributed by atoms with van der Waals surface area (Å²) >= 11 is 0. The third kappa shape index (κ3) is 3.36. The molecule has 19 heavy (non-hydrogen) atoms. The number of carbonyl (C=O) groups is 2. The largest absolute Gasteiger partial charge is 0.481 e. The highest BCUT2D eigenvalue weighted by Gasteiger charge is 2.20. The van der Waals surface area contributed by atoms with E-state index in [1.54, 1.807) is 7.05 Å². The Kier molecular flexibility index (Phi) is 4.75. The average Bonchev–Trinajstić information content (AvgIpc) is 2.60. The Morgan fingerprint density at radius 1 is 1.37 bits per heavy atom. The van der Waals surface area contributed by atoms with Crippen LogP contribution in [0.15, 0.2) is 6.07 Å². The lowest BCUT2D eigenvalue weighted by molar-refractivity contribution is -0.137. The van der Waals surface area contributed by atoms with Crippen molar-refractivity contribution in [3.8, 4) is 0 Å². The van der Waals surface area contributed by atoms with E-state index in [1.165, 1.54) is 4.90 Å². The van der Waals surface area contributed by atoms with E-state index in [0.717, 1.165) is 11.4 Å². The molecule has 0 aromatic carbocycles. The first-order chi connectivity index (χ1) is 8.75. The van der Waals surface area contributed by atoms with Crippen LogP contribution in [0.2, 0.25) is 0 Å². The van der Waals surface area contributed by atoms with Crippen LogP contribution in [-0.2, 0) is 4.79 Å². The van der Waals surface area contributed by atoms with Crippen LogP contribution in [0.3, 0.4) is 0 Å². The monoisotopic (exact) mass is 266 g/mol.